The molecular formula is C22H14BrFN2O2S. The monoisotopic (exact) mass is 468 g/mol. The smallest absolute Gasteiger partial charge is 0.283 e. The number of thioether (sulfide) groups is 1. The predicted molar refractivity (Wildman–Crippen MR) is 116 cm³/mol. The number of benzene rings is 3. The topological polar surface area (TPSA) is 49.4 Å². The molecule has 0 aromatic heterocycles. The van der Waals surface area contributed by atoms with Gasteiger partial charge in [-0.05, 0) is 48.5 Å². The maximum absolute atomic E-state index is 14.3. The Morgan fingerprint density at radius 3 is 2.17 bits per heavy atom. The summed E-state index contributed by atoms with van der Waals surface area (Å²) in [6.07, 6.45) is 0. The van der Waals surface area contributed by atoms with Gasteiger partial charge in [0.15, 0.2) is 0 Å². The van der Waals surface area contributed by atoms with Crippen molar-refractivity contribution in [1.29, 1.82) is 0 Å². The number of amides is 2. The number of imide groups is 1. The van der Waals surface area contributed by atoms with Crippen molar-refractivity contribution in [2.45, 2.75) is 4.90 Å². The summed E-state index contributed by atoms with van der Waals surface area (Å²) in [5.41, 5.74) is 0.696. The zero-order valence-corrected chi connectivity index (χ0v) is 17.3. The number of hydrogen-bond acceptors (Lipinski definition) is 4. The quantitative estimate of drug-likeness (QED) is 0.496. The van der Waals surface area contributed by atoms with Gasteiger partial charge in [0.1, 0.15) is 16.4 Å². The average molecular weight is 469 g/mol. The second kappa shape index (κ2) is 8.23. The Balaban J connectivity index is 1.76. The van der Waals surface area contributed by atoms with E-state index in [9.17, 15) is 14.0 Å². The van der Waals surface area contributed by atoms with Gasteiger partial charge in [0.2, 0.25) is 0 Å². The minimum absolute atomic E-state index is 0.0683. The Morgan fingerprint density at radius 1 is 0.828 bits per heavy atom. The zero-order chi connectivity index (χ0) is 20.4. The van der Waals surface area contributed by atoms with Crippen molar-refractivity contribution in [3.8, 4) is 0 Å². The highest BCUT2D eigenvalue weighted by Gasteiger charge is 2.41. The lowest BCUT2D eigenvalue weighted by atomic mass is 10.2. The van der Waals surface area contributed by atoms with Gasteiger partial charge < -0.3 is 5.32 Å². The van der Waals surface area contributed by atoms with Gasteiger partial charge in [0.25, 0.3) is 11.8 Å². The normalized spacial score (nSPS) is 13.9. The van der Waals surface area contributed by atoms with Crippen LogP contribution in [0.3, 0.4) is 0 Å². The first kappa shape index (κ1) is 19.4. The summed E-state index contributed by atoms with van der Waals surface area (Å²) in [6.45, 7) is 0. The van der Waals surface area contributed by atoms with E-state index in [2.05, 4.69) is 21.2 Å². The summed E-state index contributed by atoms with van der Waals surface area (Å²) in [6, 6.07) is 22.2. The number of para-hydroxylation sites is 1. The maximum atomic E-state index is 14.3. The number of anilines is 2. The van der Waals surface area contributed by atoms with Gasteiger partial charge in [-0.2, -0.15) is 0 Å². The highest BCUT2D eigenvalue weighted by atomic mass is 79.9. The lowest BCUT2D eigenvalue weighted by Gasteiger charge is -2.16. The van der Waals surface area contributed by atoms with E-state index in [1.807, 2.05) is 42.5 Å². The minimum atomic E-state index is -0.636. The molecule has 0 atom stereocenters. The molecule has 2 amide bonds. The van der Waals surface area contributed by atoms with Gasteiger partial charge in [0, 0.05) is 15.1 Å². The second-order valence-electron chi connectivity index (χ2n) is 6.15. The van der Waals surface area contributed by atoms with E-state index >= 15 is 0 Å². The number of hydrogen-bond donors (Lipinski definition) is 1. The number of halogens is 2. The van der Waals surface area contributed by atoms with Crippen LogP contribution >= 0.6 is 27.7 Å². The Kier molecular flexibility index (Phi) is 5.51. The Bertz CT molecular complexity index is 1120. The van der Waals surface area contributed by atoms with E-state index < -0.39 is 17.6 Å². The van der Waals surface area contributed by atoms with Crippen molar-refractivity contribution in [2.75, 3.05) is 10.2 Å². The SMILES string of the molecule is O=C1C(Nc2ccc(Br)cc2)=C(Sc2ccccc2)C(=O)N1c1ccccc1F. The molecule has 3 aromatic rings. The molecule has 3 aromatic carbocycles. The molecular weight excluding hydrogens is 455 g/mol. The molecule has 4 rings (SSSR count). The first-order chi connectivity index (χ1) is 14.0. The fraction of sp³-hybridized carbons (Fsp3) is 0. The highest BCUT2D eigenvalue weighted by molar-refractivity contribution is 9.10. The third kappa shape index (κ3) is 3.97. The molecule has 1 heterocycles. The van der Waals surface area contributed by atoms with E-state index in [1.165, 1.54) is 30.0 Å². The summed E-state index contributed by atoms with van der Waals surface area (Å²) in [7, 11) is 0. The van der Waals surface area contributed by atoms with Gasteiger partial charge >= 0.3 is 0 Å². The van der Waals surface area contributed by atoms with Crippen LogP contribution in [0.1, 0.15) is 0 Å². The lowest BCUT2D eigenvalue weighted by Crippen LogP contribution is -2.33. The number of nitrogens with zero attached hydrogens (tertiary/aromatic N) is 1. The molecule has 7 heteroatoms. The molecule has 0 saturated carbocycles. The molecule has 4 nitrogen and oxygen atoms in total. The molecule has 0 saturated heterocycles. The number of carbonyl (C=O) groups excluding carboxylic acids is 2. The fourth-order valence-corrected chi connectivity index (χ4v) is 4.06. The third-order valence-electron chi connectivity index (χ3n) is 4.21. The molecule has 0 aliphatic carbocycles. The predicted octanol–water partition coefficient (Wildman–Crippen LogP) is 5.58. The average Bonchev–Trinajstić information content (AvgIpc) is 2.95. The van der Waals surface area contributed by atoms with Crippen LogP contribution in [-0.4, -0.2) is 11.8 Å². The summed E-state index contributed by atoms with van der Waals surface area (Å²) < 4.78 is 15.2. The van der Waals surface area contributed by atoms with Gasteiger partial charge in [-0.3, -0.25) is 9.59 Å². The van der Waals surface area contributed by atoms with Crippen LogP contribution in [0.25, 0.3) is 0 Å². The number of rotatable bonds is 5. The molecule has 1 aliphatic rings. The molecule has 0 unspecified atom stereocenters. The second-order valence-corrected chi connectivity index (χ2v) is 8.15. The molecule has 0 bridgehead atoms. The molecule has 0 spiro atoms. The molecule has 0 radical (unpaired) electrons. The van der Waals surface area contributed by atoms with E-state index in [0.717, 1.165) is 14.3 Å². The largest absolute Gasteiger partial charge is 0.350 e. The standard InChI is InChI=1S/C22H14BrFN2O2S/c23-14-10-12-15(13-11-14)25-19-20(29-16-6-2-1-3-7-16)22(28)26(21(19)27)18-9-5-4-8-17(18)24/h1-13,25H. The van der Waals surface area contributed by atoms with Crippen LogP contribution in [-0.2, 0) is 9.59 Å². The first-order valence-corrected chi connectivity index (χ1v) is 10.3. The lowest BCUT2D eigenvalue weighted by molar-refractivity contribution is -0.120. The zero-order valence-electron chi connectivity index (χ0n) is 14.9. The number of carbonyl (C=O) groups is 2. The fourth-order valence-electron chi connectivity index (χ4n) is 2.85. The minimum Gasteiger partial charge on any atom is -0.350 e. The van der Waals surface area contributed by atoms with Gasteiger partial charge in [0.05, 0.1) is 5.69 Å². The Morgan fingerprint density at radius 2 is 1.48 bits per heavy atom. The maximum Gasteiger partial charge on any atom is 0.283 e. The van der Waals surface area contributed by atoms with Crippen LogP contribution in [0.5, 0.6) is 0 Å². The van der Waals surface area contributed by atoms with E-state index in [0.29, 0.717) is 5.69 Å². The molecule has 144 valence electrons. The van der Waals surface area contributed by atoms with E-state index in [-0.39, 0.29) is 16.3 Å². The van der Waals surface area contributed by atoms with E-state index in [4.69, 9.17) is 0 Å². The van der Waals surface area contributed by atoms with Crippen LogP contribution in [0.15, 0.2) is 98.8 Å². The van der Waals surface area contributed by atoms with Crippen LogP contribution in [0.4, 0.5) is 15.8 Å². The van der Waals surface area contributed by atoms with E-state index in [1.54, 1.807) is 18.2 Å². The van der Waals surface area contributed by atoms with Crippen molar-refractivity contribution in [3.63, 3.8) is 0 Å². The summed E-state index contributed by atoms with van der Waals surface area (Å²) in [4.78, 5) is 28.2. The summed E-state index contributed by atoms with van der Waals surface area (Å²) in [5.74, 6) is -1.79. The first-order valence-electron chi connectivity index (χ1n) is 8.67. The van der Waals surface area contributed by atoms with Crippen LogP contribution in [0, 0.1) is 5.82 Å². The van der Waals surface area contributed by atoms with Gasteiger partial charge in [-0.15, -0.1) is 0 Å². The molecule has 1 aliphatic heterocycles. The molecule has 29 heavy (non-hydrogen) atoms. The van der Waals surface area contributed by atoms with Gasteiger partial charge in [-0.1, -0.05) is 58.0 Å². The Labute approximate surface area is 179 Å². The number of nitrogens with one attached hydrogen (secondary N) is 1. The van der Waals surface area contributed by atoms with Gasteiger partial charge in [-0.25, -0.2) is 9.29 Å². The van der Waals surface area contributed by atoms with Crippen molar-refractivity contribution in [3.05, 3.63) is 99.8 Å². The Hall–Kier alpha value is -2.90. The van der Waals surface area contributed by atoms with Crippen molar-refractivity contribution in [1.82, 2.24) is 0 Å². The summed E-state index contributed by atoms with van der Waals surface area (Å²) in [5, 5.41) is 3.04. The van der Waals surface area contributed by atoms with Crippen LogP contribution in [0.2, 0.25) is 0 Å². The van der Waals surface area contributed by atoms with Crippen molar-refractivity contribution in [2.24, 2.45) is 0 Å². The molecule has 0 fully saturated rings. The third-order valence-corrected chi connectivity index (χ3v) is 5.83. The van der Waals surface area contributed by atoms with Crippen molar-refractivity contribution >= 4 is 50.9 Å². The van der Waals surface area contributed by atoms with Crippen molar-refractivity contribution < 1.29 is 14.0 Å². The highest BCUT2D eigenvalue weighted by Crippen LogP contribution is 2.38. The molecule has 1 N–H and O–H groups in total. The van der Waals surface area contributed by atoms with Crippen LogP contribution < -0.4 is 10.2 Å². The summed E-state index contributed by atoms with van der Waals surface area (Å²) >= 11 is 4.54.